The zero-order valence-corrected chi connectivity index (χ0v) is 16.8. The van der Waals surface area contributed by atoms with Gasteiger partial charge in [-0.1, -0.05) is 29.2 Å². The number of aromatic nitrogens is 3. The summed E-state index contributed by atoms with van der Waals surface area (Å²) in [6.45, 7) is 0.248. The Balaban J connectivity index is 1.33. The standard InChI is InChI=1S/C19H16FN5O2S2/c20-14-3-5-15(6-4-14)25-10-13(8-16(25)26)17(27)22-18-23-24-19(29-18)28-11-12-2-1-7-21-9-12/h1-7,9,13H,8,10-11H2,(H,22,23,27)/t13-/m0/s1. The number of anilines is 2. The van der Waals surface area contributed by atoms with Crippen LogP contribution in [0.5, 0.6) is 0 Å². The minimum absolute atomic E-state index is 0.102. The van der Waals surface area contributed by atoms with E-state index in [1.165, 1.54) is 52.3 Å². The molecule has 1 atom stereocenters. The molecule has 0 saturated carbocycles. The van der Waals surface area contributed by atoms with Crippen LogP contribution in [0.2, 0.25) is 0 Å². The van der Waals surface area contributed by atoms with Crippen LogP contribution in [0.25, 0.3) is 0 Å². The SMILES string of the molecule is O=C(Nc1nnc(SCc2cccnc2)s1)[C@H]1CC(=O)N(c2ccc(F)cc2)C1. The Morgan fingerprint density at radius 2 is 2.10 bits per heavy atom. The summed E-state index contributed by atoms with van der Waals surface area (Å²) in [5, 5.41) is 11.2. The van der Waals surface area contributed by atoms with Crippen molar-refractivity contribution in [2.45, 2.75) is 16.5 Å². The Hall–Kier alpha value is -2.85. The second kappa shape index (κ2) is 8.66. The molecule has 0 spiro atoms. The highest BCUT2D eigenvalue weighted by molar-refractivity contribution is 8.00. The van der Waals surface area contributed by atoms with Gasteiger partial charge in [0, 0.05) is 36.8 Å². The van der Waals surface area contributed by atoms with Gasteiger partial charge in [-0.15, -0.1) is 10.2 Å². The van der Waals surface area contributed by atoms with Crippen LogP contribution in [0.4, 0.5) is 15.2 Å². The average molecular weight is 430 g/mol. The fourth-order valence-electron chi connectivity index (χ4n) is 2.91. The number of rotatable bonds is 6. The number of carbonyl (C=O) groups is 2. The highest BCUT2D eigenvalue weighted by Gasteiger charge is 2.35. The largest absolute Gasteiger partial charge is 0.312 e. The second-order valence-electron chi connectivity index (χ2n) is 6.39. The van der Waals surface area contributed by atoms with Crippen LogP contribution >= 0.6 is 23.1 Å². The van der Waals surface area contributed by atoms with Crippen molar-refractivity contribution < 1.29 is 14.0 Å². The normalized spacial score (nSPS) is 16.2. The van der Waals surface area contributed by atoms with Gasteiger partial charge in [0.15, 0.2) is 4.34 Å². The van der Waals surface area contributed by atoms with Gasteiger partial charge in [0.2, 0.25) is 16.9 Å². The lowest BCUT2D eigenvalue weighted by molar-refractivity contribution is -0.122. The summed E-state index contributed by atoms with van der Waals surface area (Å²) in [6.07, 6.45) is 3.61. The van der Waals surface area contributed by atoms with Crippen LogP contribution in [0.3, 0.4) is 0 Å². The summed E-state index contributed by atoms with van der Waals surface area (Å²) in [5.74, 6) is -0.601. The van der Waals surface area contributed by atoms with E-state index in [2.05, 4.69) is 20.5 Å². The van der Waals surface area contributed by atoms with Gasteiger partial charge in [0.25, 0.3) is 0 Å². The van der Waals surface area contributed by atoms with Gasteiger partial charge in [-0.25, -0.2) is 4.39 Å². The molecule has 2 aromatic heterocycles. The molecule has 0 bridgehead atoms. The summed E-state index contributed by atoms with van der Waals surface area (Å²) in [6, 6.07) is 9.51. The molecule has 10 heteroatoms. The van der Waals surface area contributed by atoms with Gasteiger partial charge in [-0.05, 0) is 35.9 Å². The number of benzene rings is 1. The molecule has 1 N–H and O–H groups in total. The van der Waals surface area contributed by atoms with Crippen LogP contribution in [-0.2, 0) is 15.3 Å². The summed E-state index contributed by atoms with van der Waals surface area (Å²) in [7, 11) is 0. The first-order valence-electron chi connectivity index (χ1n) is 8.80. The van der Waals surface area contributed by atoms with E-state index < -0.39 is 5.92 Å². The van der Waals surface area contributed by atoms with Gasteiger partial charge in [-0.2, -0.15) is 0 Å². The number of hydrogen-bond acceptors (Lipinski definition) is 7. The maximum atomic E-state index is 13.1. The van der Waals surface area contributed by atoms with E-state index in [1.807, 2.05) is 12.1 Å². The Kier molecular flexibility index (Phi) is 5.81. The third-order valence-corrected chi connectivity index (χ3v) is 6.40. The van der Waals surface area contributed by atoms with E-state index in [0.717, 1.165) is 9.90 Å². The molecule has 29 heavy (non-hydrogen) atoms. The molecule has 3 aromatic rings. The molecule has 1 aliphatic rings. The lowest BCUT2D eigenvalue weighted by Gasteiger charge is -2.16. The maximum absolute atomic E-state index is 13.1. The number of nitrogens with one attached hydrogen (secondary N) is 1. The zero-order chi connectivity index (χ0) is 20.2. The Bertz CT molecular complexity index is 1010. The molecule has 4 rings (SSSR count). The molecular weight excluding hydrogens is 413 g/mol. The van der Waals surface area contributed by atoms with Gasteiger partial charge < -0.3 is 10.2 Å². The number of nitrogens with zero attached hydrogens (tertiary/aromatic N) is 4. The Morgan fingerprint density at radius 1 is 1.28 bits per heavy atom. The molecule has 1 saturated heterocycles. The van der Waals surface area contributed by atoms with Gasteiger partial charge in [0.05, 0.1) is 5.92 Å². The van der Waals surface area contributed by atoms with Crippen LogP contribution in [0.15, 0.2) is 53.1 Å². The van der Waals surface area contributed by atoms with Crippen molar-refractivity contribution in [1.82, 2.24) is 15.2 Å². The molecule has 0 unspecified atom stereocenters. The van der Waals surface area contributed by atoms with Crippen molar-refractivity contribution in [3.63, 3.8) is 0 Å². The third kappa shape index (κ3) is 4.77. The first-order chi connectivity index (χ1) is 14.1. The molecule has 0 radical (unpaired) electrons. The van der Waals surface area contributed by atoms with Gasteiger partial charge in [0.1, 0.15) is 5.82 Å². The average Bonchev–Trinajstić information content (AvgIpc) is 3.34. The first kappa shape index (κ1) is 19.5. The predicted molar refractivity (Wildman–Crippen MR) is 109 cm³/mol. The van der Waals surface area contributed by atoms with E-state index in [-0.39, 0.29) is 30.6 Å². The number of amides is 2. The summed E-state index contributed by atoms with van der Waals surface area (Å²) < 4.78 is 13.8. The van der Waals surface area contributed by atoms with Crippen LogP contribution < -0.4 is 10.2 Å². The minimum atomic E-state index is -0.497. The maximum Gasteiger partial charge on any atom is 0.231 e. The zero-order valence-electron chi connectivity index (χ0n) is 15.1. The molecule has 3 heterocycles. The van der Waals surface area contributed by atoms with Crippen LogP contribution in [0.1, 0.15) is 12.0 Å². The molecule has 0 aliphatic carbocycles. The van der Waals surface area contributed by atoms with E-state index in [1.54, 1.807) is 12.4 Å². The monoisotopic (exact) mass is 429 g/mol. The smallest absolute Gasteiger partial charge is 0.231 e. The minimum Gasteiger partial charge on any atom is -0.312 e. The topological polar surface area (TPSA) is 88.1 Å². The fourth-order valence-corrected chi connectivity index (χ4v) is 4.60. The van der Waals surface area contributed by atoms with Crippen molar-refractivity contribution in [1.29, 1.82) is 0 Å². The van der Waals surface area contributed by atoms with E-state index in [4.69, 9.17) is 0 Å². The quantitative estimate of drug-likeness (QED) is 0.478. The predicted octanol–water partition coefficient (Wildman–Crippen LogP) is 3.36. The van der Waals surface area contributed by atoms with Crippen molar-refractivity contribution in [3.05, 3.63) is 60.2 Å². The number of pyridine rings is 1. The van der Waals surface area contributed by atoms with E-state index in [0.29, 0.717) is 16.6 Å². The van der Waals surface area contributed by atoms with E-state index >= 15 is 0 Å². The molecule has 2 amide bonds. The molecule has 148 valence electrons. The summed E-state index contributed by atoms with van der Waals surface area (Å²) in [4.78, 5) is 30.4. The van der Waals surface area contributed by atoms with Crippen LogP contribution in [-0.4, -0.2) is 33.5 Å². The van der Waals surface area contributed by atoms with Crippen molar-refractivity contribution >= 4 is 45.7 Å². The number of halogens is 1. The van der Waals surface area contributed by atoms with E-state index in [9.17, 15) is 14.0 Å². The fraction of sp³-hybridized carbons (Fsp3) is 0.211. The molecule has 7 nitrogen and oxygen atoms in total. The van der Waals surface area contributed by atoms with Gasteiger partial charge >= 0.3 is 0 Å². The summed E-state index contributed by atoms with van der Waals surface area (Å²) in [5.41, 5.74) is 1.65. The number of carbonyl (C=O) groups excluding carboxylic acids is 2. The van der Waals surface area contributed by atoms with Crippen molar-refractivity contribution in [3.8, 4) is 0 Å². The van der Waals surface area contributed by atoms with Crippen LogP contribution in [0, 0.1) is 11.7 Å². The highest BCUT2D eigenvalue weighted by Crippen LogP contribution is 2.30. The Morgan fingerprint density at radius 3 is 2.86 bits per heavy atom. The third-order valence-electron chi connectivity index (χ3n) is 4.36. The number of thioether (sulfide) groups is 1. The second-order valence-corrected chi connectivity index (χ2v) is 8.59. The molecule has 1 aromatic carbocycles. The van der Waals surface area contributed by atoms with Gasteiger partial charge in [-0.3, -0.25) is 14.6 Å². The molecule has 1 fully saturated rings. The Labute approximate surface area is 174 Å². The first-order valence-corrected chi connectivity index (χ1v) is 10.6. The summed E-state index contributed by atoms with van der Waals surface area (Å²) >= 11 is 2.80. The van der Waals surface area contributed by atoms with Crippen molar-refractivity contribution in [2.24, 2.45) is 5.92 Å². The lowest BCUT2D eigenvalue weighted by Crippen LogP contribution is -2.28. The number of hydrogen-bond donors (Lipinski definition) is 1. The van der Waals surface area contributed by atoms with Crippen molar-refractivity contribution in [2.75, 3.05) is 16.8 Å². The molecule has 1 aliphatic heterocycles. The molecular formula is C19H16FN5O2S2. The highest BCUT2D eigenvalue weighted by atomic mass is 32.2. The lowest BCUT2D eigenvalue weighted by atomic mass is 10.1.